The molecule has 0 saturated carbocycles. The van der Waals surface area contributed by atoms with Crippen molar-refractivity contribution in [3.63, 3.8) is 0 Å². The van der Waals surface area contributed by atoms with Crippen LogP contribution in [0.4, 0.5) is 39.5 Å². The summed E-state index contributed by atoms with van der Waals surface area (Å²) in [7, 11) is 0. The van der Waals surface area contributed by atoms with E-state index >= 15 is 0 Å². The molecule has 2 aromatic rings. The normalized spacial score (nSPS) is 17.3. The molecule has 11 heteroatoms. The molecule has 2 aliphatic heterocycles. The number of amides is 2. The monoisotopic (exact) mass is 508 g/mol. The van der Waals surface area contributed by atoms with Gasteiger partial charge in [0.1, 0.15) is 17.2 Å². The van der Waals surface area contributed by atoms with Gasteiger partial charge in [-0.05, 0) is 64.9 Å². The first kappa shape index (κ1) is 25.9. The molecular formula is C25H28F4N4O3. The first-order chi connectivity index (χ1) is 16.8. The van der Waals surface area contributed by atoms with Crippen LogP contribution in [0.3, 0.4) is 0 Å². The summed E-state index contributed by atoms with van der Waals surface area (Å²) >= 11 is 0. The third-order valence-electron chi connectivity index (χ3n) is 6.06. The van der Waals surface area contributed by atoms with Gasteiger partial charge in [-0.2, -0.15) is 13.2 Å². The van der Waals surface area contributed by atoms with Gasteiger partial charge >= 0.3 is 12.3 Å². The Bertz CT molecular complexity index is 1140. The molecule has 3 heterocycles. The standard InChI is InChI=1S/C25H28F4N4O3/c1-24(2,3)36-23(35)33-20-13-18(26)6-7-19(20)32(14-17-5-4-10-30-21(17)33)22(34)16-8-11-31(12-9-16)15-25(27,28)29/h4-7,10,13,16H,8-9,11-12,14-15H2,1-3H3. The van der Waals surface area contributed by atoms with Gasteiger partial charge in [-0.25, -0.2) is 19.1 Å². The van der Waals surface area contributed by atoms with Gasteiger partial charge in [0.25, 0.3) is 0 Å². The Hall–Kier alpha value is -3.21. The maximum Gasteiger partial charge on any atom is 0.420 e. The maximum atomic E-state index is 14.4. The molecule has 4 rings (SSSR count). The Morgan fingerprint density at radius 2 is 1.78 bits per heavy atom. The van der Waals surface area contributed by atoms with Crippen molar-refractivity contribution < 1.29 is 31.9 Å². The van der Waals surface area contributed by atoms with Crippen LogP contribution in [0.15, 0.2) is 36.5 Å². The number of carbonyl (C=O) groups is 2. The number of halogens is 4. The largest absolute Gasteiger partial charge is 0.443 e. The number of alkyl halides is 3. The predicted octanol–water partition coefficient (Wildman–Crippen LogP) is 5.41. The molecule has 0 spiro atoms. The fourth-order valence-electron chi connectivity index (χ4n) is 4.53. The van der Waals surface area contributed by atoms with Crippen LogP contribution in [0.1, 0.15) is 39.2 Å². The topological polar surface area (TPSA) is 66.0 Å². The summed E-state index contributed by atoms with van der Waals surface area (Å²) < 4.78 is 58.4. The van der Waals surface area contributed by atoms with Crippen molar-refractivity contribution in [2.75, 3.05) is 29.4 Å². The van der Waals surface area contributed by atoms with Crippen LogP contribution in [0, 0.1) is 11.7 Å². The van der Waals surface area contributed by atoms with Crippen molar-refractivity contribution >= 4 is 29.2 Å². The highest BCUT2D eigenvalue weighted by molar-refractivity contribution is 6.06. The summed E-state index contributed by atoms with van der Waals surface area (Å²) in [6, 6.07) is 7.15. The Kier molecular flexibility index (Phi) is 6.96. The van der Waals surface area contributed by atoms with Gasteiger partial charge in [0, 0.05) is 23.7 Å². The van der Waals surface area contributed by atoms with Gasteiger partial charge in [0.05, 0.1) is 24.5 Å². The molecule has 0 aliphatic carbocycles. The number of piperidine rings is 1. The number of pyridine rings is 1. The number of benzene rings is 1. The van der Waals surface area contributed by atoms with Crippen LogP contribution in [0.5, 0.6) is 0 Å². The molecule has 36 heavy (non-hydrogen) atoms. The number of fused-ring (bicyclic) bond motifs is 2. The lowest BCUT2D eigenvalue weighted by atomic mass is 9.94. The molecule has 1 aromatic carbocycles. The number of carbonyl (C=O) groups excluding carboxylic acids is 2. The molecule has 0 N–H and O–H groups in total. The minimum absolute atomic E-state index is 0.0582. The molecule has 0 atom stereocenters. The fourth-order valence-corrected chi connectivity index (χ4v) is 4.53. The third kappa shape index (κ3) is 5.77. The molecule has 2 aliphatic rings. The molecule has 1 saturated heterocycles. The first-order valence-electron chi connectivity index (χ1n) is 11.7. The van der Waals surface area contributed by atoms with Crippen LogP contribution in [0.2, 0.25) is 0 Å². The zero-order valence-electron chi connectivity index (χ0n) is 20.3. The van der Waals surface area contributed by atoms with Crippen LogP contribution in [-0.2, 0) is 16.1 Å². The molecule has 0 radical (unpaired) electrons. The lowest BCUT2D eigenvalue weighted by Gasteiger charge is -2.34. The van der Waals surface area contributed by atoms with Gasteiger partial charge in [0.2, 0.25) is 5.91 Å². The van der Waals surface area contributed by atoms with E-state index in [-0.39, 0.29) is 49.9 Å². The summed E-state index contributed by atoms with van der Waals surface area (Å²) in [6.07, 6.45) is -3.06. The number of anilines is 3. The van der Waals surface area contributed by atoms with Crippen molar-refractivity contribution in [2.24, 2.45) is 5.92 Å². The van der Waals surface area contributed by atoms with E-state index in [2.05, 4.69) is 4.98 Å². The molecule has 0 unspecified atom stereocenters. The van der Waals surface area contributed by atoms with Crippen molar-refractivity contribution in [2.45, 2.75) is 51.9 Å². The summed E-state index contributed by atoms with van der Waals surface area (Å²) in [6.45, 7) is 4.44. The number of hydrogen-bond donors (Lipinski definition) is 0. The van der Waals surface area contributed by atoms with Gasteiger partial charge < -0.3 is 9.64 Å². The number of aromatic nitrogens is 1. The average Bonchev–Trinajstić information content (AvgIpc) is 2.91. The lowest BCUT2D eigenvalue weighted by molar-refractivity contribution is -0.149. The first-order valence-corrected chi connectivity index (χ1v) is 11.7. The molecular weight excluding hydrogens is 480 g/mol. The number of likely N-dealkylation sites (tertiary alicyclic amines) is 1. The Balaban J connectivity index is 1.70. The van der Waals surface area contributed by atoms with Crippen LogP contribution in [0.25, 0.3) is 0 Å². The second kappa shape index (κ2) is 9.68. The number of hydrogen-bond acceptors (Lipinski definition) is 5. The third-order valence-corrected chi connectivity index (χ3v) is 6.06. The molecule has 0 bridgehead atoms. The van der Waals surface area contributed by atoms with E-state index in [4.69, 9.17) is 4.74 Å². The predicted molar refractivity (Wildman–Crippen MR) is 125 cm³/mol. The molecule has 1 aromatic heterocycles. The molecule has 194 valence electrons. The Morgan fingerprint density at radius 1 is 1.08 bits per heavy atom. The maximum absolute atomic E-state index is 14.4. The van der Waals surface area contributed by atoms with Gasteiger partial charge in [-0.3, -0.25) is 9.69 Å². The van der Waals surface area contributed by atoms with E-state index in [0.29, 0.717) is 11.3 Å². The molecule has 2 amide bonds. The zero-order valence-corrected chi connectivity index (χ0v) is 20.3. The average molecular weight is 509 g/mol. The van der Waals surface area contributed by atoms with E-state index in [1.807, 2.05) is 0 Å². The number of nitrogens with zero attached hydrogens (tertiary/aromatic N) is 4. The van der Waals surface area contributed by atoms with Gasteiger partial charge in [0.15, 0.2) is 0 Å². The summed E-state index contributed by atoms with van der Waals surface area (Å²) in [4.78, 5) is 35.2. The zero-order chi connectivity index (χ0) is 26.3. The Labute approximate surface area is 206 Å². The lowest BCUT2D eigenvalue weighted by Crippen LogP contribution is -2.45. The van der Waals surface area contributed by atoms with E-state index < -0.39 is 36.2 Å². The van der Waals surface area contributed by atoms with Crippen LogP contribution in [-0.4, -0.2) is 53.3 Å². The highest BCUT2D eigenvalue weighted by Gasteiger charge is 2.39. The van der Waals surface area contributed by atoms with Crippen molar-refractivity contribution in [1.29, 1.82) is 0 Å². The molecule has 1 fully saturated rings. The van der Waals surface area contributed by atoms with Gasteiger partial charge in [-0.15, -0.1) is 0 Å². The van der Waals surface area contributed by atoms with E-state index in [0.717, 1.165) is 11.0 Å². The van der Waals surface area contributed by atoms with Crippen molar-refractivity contribution in [1.82, 2.24) is 9.88 Å². The van der Waals surface area contributed by atoms with Gasteiger partial charge in [-0.1, -0.05) is 6.07 Å². The van der Waals surface area contributed by atoms with E-state index in [9.17, 15) is 27.2 Å². The van der Waals surface area contributed by atoms with Crippen LogP contribution >= 0.6 is 0 Å². The summed E-state index contributed by atoms with van der Waals surface area (Å²) in [5.41, 5.74) is 0.0986. The number of ether oxygens (including phenoxy) is 1. The van der Waals surface area contributed by atoms with Crippen molar-refractivity contribution in [3.8, 4) is 0 Å². The minimum Gasteiger partial charge on any atom is -0.443 e. The molecule has 7 nitrogen and oxygen atoms in total. The Morgan fingerprint density at radius 3 is 2.42 bits per heavy atom. The fraction of sp³-hybridized carbons (Fsp3) is 0.480. The highest BCUT2D eigenvalue weighted by atomic mass is 19.4. The minimum atomic E-state index is -4.30. The van der Waals surface area contributed by atoms with E-state index in [1.54, 1.807) is 32.9 Å². The second-order valence-electron chi connectivity index (χ2n) is 10.0. The second-order valence-corrected chi connectivity index (χ2v) is 10.0. The van der Waals surface area contributed by atoms with Crippen LogP contribution < -0.4 is 9.80 Å². The quantitative estimate of drug-likeness (QED) is 0.508. The van der Waals surface area contributed by atoms with Crippen molar-refractivity contribution in [3.05, 3.63) is 47.9 Å². The van der Waals surface area contributed by atoms with E-state index in [1.165, 1.54) is 28.1 Å². The smallest absolute Gasteiger partial charge is 0.420 e. The summed E-state index contributed by atoms with van der Waals surface area (Å²) in [5, 5.41) is 0. The SMILES string of the molecule is CC(C)(C)OC(=O)N1c2cc(F)ccc2N(C(=O)C2CCN(CC(F)(F)F)CC2)Cc2cccnc21. The highest BCUT2D eigenvalue weighted by Crippen LogP contribution is 2.42. The number of rotatable bonds is 2. The summed E-state index contributed by atoms with van der Waals surface area (Å²) in [5.74, 6) is -1.21.